The smallest absolute Gasteiger partial charge is 0.0726 e. The molecule has 0 unspecified atom stereocenters. The maximum absolute atomic E-state index is 2.47. The summed E-state index contributed by atoms with van der Waals surface area (Å²) in [5, 5.41) is 0. The lowest BCUT2D eigenvalue weighted by Gasteiger charge is -2.32. The van der Waals surface area contributed by atoms with Gasteiger partial charge >= 0.3 is 0 Å². The predicted octanol–water partition coefficient (Wildman–Crippen LogP) is 12.7. The summed E-state index contributed by atoms with van der Waals surface area (Å²) in [6.45, 7) is 0. The van der Waals surface area contributed by atoms with Gasteiger partial charge in [-0.15, -0.1) is 0 Å². The third-order valence-electron chi connectivity index (χ3n) is 11.5. The Balaban J connectivity index is 1.07. The van der Waals surface area contributed by atoms with E-state index in [1.807, 2.05) is 0 Å². The van der Waals surface area contributed by atoms with Crippen molar-refractivity contribution in [3.63, 3.8) is 0 Å². The van der Waals surface area contributed by atoms with E-state index in [-0.39, 0.29) is 5.41 Å². The SMILES string of the molecule is c1ccc(N(c2ccc(-c3ccc4c(c3)-c3ccccc3C4)cc2)c2ccc3c(c2)C2(c4ccccc4-c4ccccc42)c2ccccc2-3)cc1. The normalized spacial score (nSPS) is 13.6. The molecule has 0 radical (unpaired) electrons. The van der Waals surface area contributed by atoms with Crippen molar-refractivity contribution in [2.45, 2.75) is 11.8 Å². The molecule has 0 saturated carbocycles. The molecule has 3 aliphatic carbocycles. The number of benzene rings is 8. The van der Waals surface area contributed by atoms with Crippen LogP contribution in [0.25, 0.3) is 44.5 Å². The molecule has 1 spiro atoms. The first-order valence-corrected chi connectivity index (χ1v) is 17.9. The Morgan fingerprint density at radius 2 is 0.804 bits per heavy atom. The van der Waals surface area contributed by atoms with Crippen LogP contribution in [0, 0.1) is 0 Å². The van der Waals surface area contributed by atoms with Crippen LogP contribution in [0.15, 0.2) is 188 Å². The summed E-state index contributed by atoms with van der Waals surface area (Å²) in [6.07, 6.45) is 1.01. The second kappa shape index (κ2) is 10.8. The monoisotopic (exact) mass is 647 g/mol. The van der Waals surface area contributed by atoms with Crippen LogP contribution in [-0.2, 0) is 11.8 Å². The Bertz CT molecular complexity index is 2600. The maximum Gasteiger partial charge on any atom is 0.0726 e. The van der Waals surface area contributed by atoms with Crippen molar-refractivity contribution < 1.29 is 0 Å². The summed E-state index contributed by atoms with van der Waals surface area (Å²) >= 11 is 0. The first-order chi connectivity index (χ1) is 25.3. The summed E-state index contributed by atoms with van der Waals surface area (Å²) in [5.74, 6) is 0. The quantitative estimate of drug-likeness (QED) is 0.184. The van der Waals surface area contributed by atoms with E-state index in [9.17, 15) is 0 Å². The second-order valence-electron chi connectivity index (χ2n) is 14.0. The molecule has 238 valence electrons. The molecule has 11 rings (SSSR count). The molecule has 0 atom stereocenters. The van der Waals surface area contributed by atoms with E-state index in [0.717, 1.165) is 23.5 Å². The van der Waals surface area contributed by atoms with E-state index in [1.165, 1.54) is 77.9 Å². The maximum atomic E-state index is 2.47. The first-order valence-electron chi connectivity index (χ1n) is 17.9. The third-order valence-corrected chi connectivity index (χ3v) is 11.5. The highest BCUT2D eigenvalue weighted by Gasteiger charge is 2.51. The zero-order valence-corrected chi connectivity index (χ0v) is 28.1. The standard InChI is InChI=1S/C50H33N/c1-2-13-37(14-3-1)51(38-26-24-33(25-27-38)34-22-23-36-30-35-12-4-5-15-40(35)45(36)31-34)39-28-29-44-43-18-8-11-21-48(43)50(49(44)32-39)46-19-9-6-16-41(46)42-17-7-10-20-47(42)50/h1-29,31-32H,30H2. The molecule has 51 heavy (non-hydrogen) atoms. The lowest BCUT2D eigenvalue weighted by molar-refractivity contribution is 0.793. The predicted molar refractivity (Wildman–Crippen MR) is 211 cm³/mol. The van der Waals surface area contributed by atoms with Crippen LogP contribution in [0.4, 0.5) is 17.1 Å². The van der Waals surface area contributed by atoms with Crippen LogP contribution < -0.4 is 4.90 Å². The van der Waals surface area contributed by atoms with Gasteiger partial charge in [0.25, 0.3) is 0 Å². The molecule has 0 aromatic heterocycles. The van der Waals surface area contributed by atoms with Gasteiger partial charge in [-0.25, -0.2) is 0 Å². The van der Waals surface area contributed by atoms with E-state index in [1.54, 1.807) is 0 Å². The largest absolute Gasteiger partial charge is 0.310 e. The van der Waals surface area contributed by atoms with Gasteiger partial charge in [0.2, 0.25) is 0 Å². The number of hydrogen-bond acceptors (Lipinski definition) is 1. The number of anilines is 3. The number of rotatable bonds is 4. The molecule has 8 aromatic rings. The van der Waals surface area contributed by atoms with Gasteiger partial charge in [0.15, 0.2) is 0 Å². The number of nitrogens with zero attached hydrogens (tertiary/aromatic N) is 1. The lowest BCUT2D eigenvalue weighted by Crippen LogP contribution is -2.26. The Labute approximate surface area is 298 Å². The van der Waals surface area contributed by atoms with Gasteiger partial charge in [-0.1, -0.05) is 146 Å². The van der Waals surface area contributed by atoms with Gasteiger partial charge in [-0.05, 0) is 127 Å². The fourth-order valence-corrected chi connectivity index (χ4v) is 9.35. The average Bonchev–Trinajstić information content (AvgIpc) is 3.82. The minimum atomic E-state index is -0.381. The fourth-order valence-electron chi connectivity index (χ4n) is 9.35. The molecule has 0 amide bonds. The van der Waals surface area contributed by atoms with Gasteiger partial charge in [0, 0.05) is 17.1 Å². The van der Waals surface area contributed by atoms with Gasteiger partial charge in [0.05, 0.1) is 5.41 Å². The van der Waals surface area contributed by atoms with E-state index in [4.69, 9.17) is 0 Å². The molecular formula is C50H33N. The fraction of sp³-hybridized carbons (Fsp3) is 0.0400. The zero-order chi connectivity index (χ0) is 33.5. The molecule has 0 bridgehead atoms. The highest BCUT2D eigenvalue weighted by molar-refractivity contribution is 5.96. The van der Waals surface area contributed by atoms with Crippen molar-refractivity contribution in [3.8, 4) is 44.5 Å². The van der Waals surface area contributed by atoms with Crippen molar-refractivity contribution >= 4 is 17.1 Å². The molecule has 3 aliphatic rings. The van der Waals surface area contributed by atoms with Crippen LogP contribution in [0.3, 0.4) is 0 Å². The summed E-state index contributed by atoms with van der Waals surface area (Å²) < 4.78 is 0. The van der Waals surface area contributed by atoms with Gasteiger partial charge in [-0.2, -0.15) is 0 Å². The molecule has 0 heterocycles. The topological polar surface area (TPSA) is 3.24 Å². The molecule has 0 N–H and O–H groups in total. The van der Waals surface area contributed by atoms with E-state index in [0.29, 0.717) is 0 Å². The Morgan fingerprint density at radius 3 is 1.47 bits per heavy atom. The Hall–Kier alpha value is -6.44. The molecule has 0 aliphatic heterocycles. The van der Waals surface area contributed by atoms with Crippen molar-refractivity contribution in [1.29, 1.82) is 0 Å². The van der Waals surface area contributed by atoms with Crippen LogP contribution >= 0.6 is 0 Å². The summed E-state index contributed by atoms with van der Waals surface area (Å²) in [6, 6.07) is 69.9. The summed E-state index contributed by atoms with van der Waals surface area (Å²) in [5.41, 5.74) is 21.8. The van der Waals surface area contributed by atoms with Crippen LogP contribution in [0.2, 0.25) is 0 Å². The van der Waals surface area contributed by atoms with Crippen molar-refractivity contribution in [3.05, 3.63) is 221 Å². The molecular weight excluding hydrogens is 615 g/mol. The minimum absolute atomic E-state index is 0.381. The highest BCUT2D eigenvalue weighted by atomic mass is 15.1. The Morgan fingerprint density at radius 1 is 0.314 bits per heavy atom. The third kappa shape index (κ3) is 3.98. The zero-order valence-electron chi connectivity index (χ0n) is 28.1. The second-order valence-corrected chi connectivity index (χ2v) is 14.0. The minimum Gasteiger partial charge on any atom is -0.310 e. The van der Waals surface area contributed by atoms with Gasteiger partial charge in [-0.3, -0.25) is 0 Å². The van der Waals surface area contributed by atoms with Crippen molar-refractivity contribution in [2.75, 3.05) is 4.90 Å². The highest BCUT2D eigenvalue weighted by Crippen LogP contribution is 2.63. The number of fused-ring (bicyclic) bond motifs is 13. The van der Waals surface area contributed by atoms with E-state index in [2.05, 4.69) is 193 Å². The molecule has 1 heteroatoms. The van der Waals surface area contributed by atoms with E-state index >= 15 is 0 Å². The van der Waals surface area contributed by atoms with Crippen molar-refractivity contribution in [2.24, 2.45) is 0 Å². The van der Waals surface area contributed by atoms with Crippen LogP contribution in [0.1, 0.15) is 33.4 Å². The summed E-state index contributed by atoms with van der Waals surface area (Å²) in [7, 11) is 0. The molecule has 1 nitrogen and oxygen atoms in total. The molecule has 0 saturated heterocycles. The van der Waals surface area contributed by atoms with E-state index < -0.39 is 0 Å². The number of para-hydroxylation sites is 1. The van der Waals surface area contributed by atoms with Crippen LogP contribution in [0.5, 0.6) is 0 Å². The average molecular weight is 648 g/mol. The first kappa shape index (κ1) is 28.4. The molecule has 8 aromatic carbocycles. The summed E-state index contributed by atoms with van der Waals surface area (Å²) in [4.78, 5) is 2.41. The number of hydrogen-bond donors (Lipinski definition) is 0. The lowest BCUT2D eigenvalue weighted by atomic mass is 9.70. The van der Waals surface area contributed by atoms with Gasteiger partial charge < -0.3 is 4.90 Å². The Kier molecular flexibility index (Phi) is 6.00. The van der Waals surface area contributed by atoms with Gasteiger partial charge in [0.1, 0.15) is 0 Å². The van der Waals surface area contributed by atoms with Crippen LogP contribution in [-0.4, -0.2) is 0 Å². The molecule has 0 fully saturated rings. The van der Waals surface area contributed by atoms with Crippen molar-refractivity contribution in [1.82, 2.24) is 0 Å².